The predicted molar refractivity (Wildman–Crippen MR) is 25.1 cm³/mol. The van der Waals surface area contributed by atoms with Crippen molar-refractivity contribution in [1.29, 1.82) is 10.5 Å². The standard InChI is InChI=1S/C2H2N4S/c3-1-5-7-6-2-4/h5-6H. The predicted octanol–water partition coefficient (Wildman–Crippen LogP) is -0.309. The number of nitrogens with one attached hydrogen (secondary N) is 2. The summed E-state index contributed by atoms with van der Waals surface area (Å²) in [6.45, 7) is 0. The molecule has 0 aliphatic carbocycles. The van der Waals surface area contributed by atoms with Crippen LogP contribution in [-0.2, 0) is 0 Å². The highest BCUT2D eigenvalue weighted by Crippen LogP contribution is 1.75. The fourth-order valence-corrected chi connectivity index (χ4v) is 0.213. The third-order valence-corrected chi connectivity index (χ3v) is 0.580. The maximum atomic E-state index is 7.76. The van der Waals surface area contributed by atoms with Gasteiger partial charge in [-0.3, -0.25) is 0 Å². The fraction of sp³-hybridized carbons (Fsp3) is 0. The monoisotopic (exact) mass is 114 g/mol. The van der Waals surface area contributed by atoms with E-state index in [1.165, 1.54) is 0 Å². The van der Waals surface area contributed by atoms with Crippen LogP contribution in [0.25, 0.3) is 0 Å². The van der Waals surface area contributed by atoms with Gasteiger partial charge in [-0.2, -0.15) is 10.5 Å². The molecule has 0 aliphatic heterocycles. The van der Waals surface area contributed by atoms with Crippen molar-refractivity contribution >= 4 is 12.1 Å². The summed E-state index contributed by atoms with van der Waals surface area (Å²) in [5.74, 6) is 0. The lowest BCUT2D eigenvalue weighted by Crippen LogP contribution is -2.01. The van der Waals surface area contributed by atoms with Crippen LogP contribution in [0, 0.1) is 22.9 Å². The summed E-state index contributed by atoms with van der Waals surface area (Å²) in [7, 11) is 0. The van der Waals surface area contributed by atoms with Crippen molar-refractivity contribution in [2.75, 3.05) is 0 Å². The van der Waals surface area contributed by atoms with Gasteiger partial charge in [0.15, 0.2) is 12.4 Å². The Bertz CT molecular complexity index is 93.8. The topological polar surface area (TPSA) is 71.6 Å². The molecule has 0 atom stereocenters. The van der Waals surface area contributed by atoms with Gasteiger partial charge in [0.25, 0.3) is 0 Å². The normalized spacial score (nSPS) is 5.43. The minimum absolute atomic E-state index is 0.831. The molecule has 0 fully saturated rings. The summed E-state index contributed by atoms with van der Waals surface area (Å²) < 4.78 is 4.28. The third-order valence-electron chi connectivity index (χ3n) is 0.193. The molecule has 0 rings (SSSR count). The molecule has 2 N–H and O–H groups in total. The molecular weight excluding hydrogens is 112 g/mol. The van der Waals surface area contributed by atoms with Crippen molar-refractivity contribution in [1.82, 2.24) is 9.44 Å². The van der Waals surface area contributed by atoms with Gasteiger partial charge < -0.3 is 0 Å². The van der Waals surface area contributed by atoms with Gasteiger partial charge in [0.1, 0.15) is 0 Å². The first-order valence-electron chi connectivity index (χ1n) is 1.36. The van der Waals surface area contributed by atoms with Crippen LogP contribution >= 0.6 is 12.1 Å². The van der Waals surface area contributed by atoms with Gasteiger partial charge in [-0.25, -0.2) is 9.44 Å². The number of hydrogen-bond acceptors (Lipinski definition) is 5. The van der Waals surface area contributed by atoms with Crippen molar-refractivity contribution in [3.63, 3.8) is 0 Å². The quantitative estimate of drug-likeness (QED) is 0.223. The Labute approximate surface area is 45.4 Å². The minimum Gasteiger partial charge on any atom is -0.248 e. The van der Waals surface area contributed by atoms with E-state index < -0.39 is 0 Å². The Morgan fingerprint density at radius 3 is 1.86 bits per heavy atom. The van der Waals surface area contributed by atoms with E-state index >= 15 is 0 Å². The van der Waals surface area contributed by atoms with E-state index in [0.29, 0.717) is 0 Å². The molecule has 0 spiro atoms. The first-order chi connectivity index (χ1) is 3.41. The van der Waals surface area contributed by atoms with E-state index in [0.717, 1.165) is 12.1 Å². The van der Waals surface area contributed by atoms with Crippen LogP contribution in [0.4, 0.5) is 0 Å². The first-order valence-corrected chi connectivity index (χ1v) is 2.17. The second-order valence-electron chi connectivity index (χ2n) is 0.530. The largest absolute Gasteiger partial charge is 0.248 e. The molecule has 0 aromatic heterocycles. The van der Waals surface area contributed by atoms with Crippen molar-refractivity contribution < 1.29 is 0 Å². The van der Waals surface area contributed by atoms with Gasteiger partial charge in [-0.1, -0.05) is 0 Å². The van der Waals surface area contributed by atoms with Gasteiger partial charge in [0.2, 0.25) is 0 Å². The molecule has 0 aromatic carbocycles. The lowest BCUT2D eigenvalue weighted by molar-refractivity contribution is 1.30. The van der Waals surface area contributed by atoms with Gasteiger partial charge in [0, 0.05) is 0 Å². The van der Waals surface area contributed by atoms with Crippen LogP contribution < -0.4 is 9.44 Å². The first kappa shape index (κ1) is 5.93. The molecule has 0 saturated heterocycles. The van der Waals surface area contributed by atoms with Gasteiger partial charge in [-0.05, 0) is 0 Å². The summed E-state index contributed by atoms with van der Waals surface area (Å²) in [6.07, 6.45) is 3.20. The van der Waals surface area contributed by atoms with E-state index in [1.807, 2.05) is 0 Å². The summed E-state index contributed by atoms with van der Waals surface area (Å²) in [4.78, 5) is 0. The highest BCUT2D eigenvalue weighted by molar-refractivity contribution is 7.95. The molecule has 0 bridgehead atoms. The Morgan fingerprint density at radius 2 is 1.57 bits per heavy atom. The van der Waals surface area contributed by atoms with Gasteiger partial charge in [0.05, 0.1) is 12.1 Å². The lowest BCUT2D eigenvalue weighted by Gasteiger charge is -1.84. The zero-order valence-electron chi connectivity index (χ0n) is 3.30. The number of hydrogen-bond donors (Lipinski definition) is 2. The SMILES string of the molecule is N#CNSNC#N. The summed E-state index contributed by atoms with van der Waals surface area (Å²) in [5.41, 5.74) is 0. The van der Waals surface area contributed by atoms with Crippen molar-refractivity contribution in [3.8, 4) is 12.4 Å². The molecule has 0 unspecified atom stereocenters. The molecule has 7 heavy (non-hydrogen) atoms. The molecule has 4 nitrogen and oxygen atoms in total. The van der Waals surface area contributed by atoms with E-state index in [4.69, 9.17) is 10.5 Å². The molecule has 0 aromatic rings. The molecule has 5 heteroatoms. The number of nitriles is 2. The maximum absolute atomic E-state index is 7.76. The molecular formula is C2H2N4S. The highest BCUT2D eigenvalue weighted by Gasteiger charge is 1.72. The van der Waals surface area contributed by atoms with Crippen LogP contribution in [0.15, 0.2) is 0 Å². The lowest BCUT2D eigenvalue weighted by atomic mass is 11.5. The third kappa shape index (κ3) is 4.93. The summed E-state index contributed by atoms with van der Waals surface area (Å²) >= 11 is 0.831. The number of nitrogens with zero attached hydrogens (tertiary/aromatic N) is 2. The Kier molecular flexibility index (Phi) is 4.18. The molecule has 0 radical (unpaired) electrons. The van der Waals surface area contributed by atoms with Crippen molar-refractivity contribution in [3.05, 3.63) is 0 Å². The van der Waals surface area contributed by atoms with E-state index in [-0.39, 0.29) is 0 Å². The van der Waals surface area contributed by atoms with Crippen LogP contribution in [0.2, 0.25) is 0 Å². The highest BCUT2D eigenvalue weighted by atomic mass is 32.2. The van der Waals surface area contributed by atoms with Crippen LogP contribution in [-0.4, -0.2) is 0 Å². The van der Waals surface area contributed by atoms with Crippen LogP contribution in [0.5, 0.6) is 0 Å². The molecule has 0 aliphatic rings. The van der Waals surface area contributed by atoms with E-state index in [9.17, 15) is 0 Å². The zero-order valence-corrected chi connectivity index (χ0v) is 4.12. The molecule has 0 saturated carbocycles. The second-order valence-corrected chi connectivity index (χ2v) is 1.14. The van der Waals surface area contributed by atoms with Crippen LogP contribution in [0.3, 0.4) is 0 Å². The van der Waals surface area contributed by atoms with E-state index in [1.54, 1.807) is 12.4 Å². The van der Waals surface area contributed by atoms with Gasteiger partial charge >= 0.3 is 0 Å². The maximum Gasteiger partial charge on any atom is 0.188 e. The molecule has 0 heterocycles. The Balaban J connectivity index is 2.77. The minimum atomic E-state index is 0.831. The van der Waals surface area contributed by atoms with Crippen molar-refractivity contribution in [2.24, 2.45) is 0 Å². The fourth-order valence-electron chi connectivity index (χ4n) is 0.0712. The Morgan fingerprint density at radius 1 is 1.14 bits per heavy atom. The average Bonchev–Trinajstić information content (AvgIpc) is 1.69. The summed E-state index contributed by atoms with van der Waals surface area (Å²) in [6, 6.07) is 0. The molecule has 0 amide bonds. The smallest absolute Gasteiger partial charge is 0.188 e. The molecule has 36 valence electrons. The van der Waals surface area contributed by atoms with Gasteiger partial charge in [-0.15, -0.1) is 0 Å². The van der Waals surface area contributed by atoms with E-state index in [2.05, 4.69) is 9.44 Å². The Hall–Kier alpha value is -1.07. The second kappa shape index (κ2) is 4.93. The zero-order chi connectivity index (χ0) is 5.54. The summed E-state index contributed by atoms with van der Waals surface area (Å²) in [5, 5.41) is 15.5. The average molecular weight is 114 g/mol. The van der Waals surface area contributed by atoms with Crippen molar-refractivity contribution in [2.45, 2.75) is 0 Å². The van der Waals surface area contributed by atoms with Crippen LogP contribution in [0.1, 0.15) is 0 Å². The number of rotatable bonds is 2.